The van der Waals surface area contributed by atoms with Crippen LogP contribution < -0.4 is 4.72 Å². The van der Waals surface area contributed by atoms with Crippen LogP contribution in [0.15, 0.2) is 21.6 Å². The van der Waals surface area contributed by atoms with Gasteiger partial charge in [0.25, 0.3) is 5.91 Å². The van der Waals surface area contributed by atoms with Crippen molar-refractivity contribution in [1.82, 2.24) is 24.7 Å². The average molecular weight is 395 g/mol. The molecule has 0 spiro atoms. The molecule has 0 unspecified atom stereocenters. The van der Waals surface area contributed by atoms with Crippen LogP contribution in [0.25, 0.3) is 11.5 Å². The molecule has 1 fully saturated rings. The smallest absolute Gasteiger partial charge is 0.257 e. The average Bonchev–Trinajstić information content (AvgIpc) is 3.33. The minimum Gasteiger partial charge on any atom is -0.458 e. The van der Waals surface area contributed by atoms with Gasteiger partial charge in [-0.15, -0.1) is 0 Å². The maximum Gasteiger partial charge on any atom is 0.257 e. The summed E-state index contributed by atoms with van der Waals surface area (Å²) in [5.41, 5.74) is 0.778. The number of carbonyl (C=O) groups is 1. The Morgan fingerprint density at radius 3 is 2.74 bits per heavy atom. The van der Waals surface area contributed by atoms with E-state index in [-0.39, 0.29) is 28.9 Å². The molecule has 3 rings (SSSR count). The zero-order chi connectivity index (χ0) is 19.6. The van der Waals surface area contributed by atoms with Gasteiger partial charge < -0.3 is 14.2 Å². The number of H-pyrrole nitrogens is 1. The van der Waals surface area contributed by atoms with Gasteiger partial charge in [0.15, 0.2) is 5.76 Å². The largest absolute Gasteiger partial charge is 0.458 e. The molecule has 1 saturated heterocycles. The van der Waals surface area contributed by atoms with Crippen molar-refractivity contribution in [3.63, 3.8) is 0 Å². The molecule has 27 heavy (non-hydrogen) atoms. The van der Waals surface area contributed by atoms with E-state index in [1.165, 1.54) is 12.3 Å². The van der Waals surface area contributed by atoms with Crippen molar-refractivity contribution >= 4 is 15.9 Å². The third-order valence-electron chi connectivity index (χ3n) is 4.52. The fourth-order valence-corrected chi connectivity index (χ4v) is 4.26. The van der Waals surface area contributed by atoms with Gasteiger partial charge in [0.1, 0.15) is 16.3 Å². The third-order valence-corrected chi connectivity index (χ3v) is 6.09. The molecule has 2 aromatic rings. The molecule has 0 aliphatic carbocycles. The Labute approximate surface area is 158 Å². The molecule has 0 bridgehead atoms. The number of amides is 1. The highest BCUT2D eigenvalue weighted by molar-refractivity contribution is 7.89. The minimum absolute atomic E-state index is 0.0606. The number of aromatic nitrogens is 2. The first kappa shape index (κ1) is 19.6. The lowest BCUT2D eigenvalue weighted by molar-refractivity contribution is 0.0793. The van der Waals surface area contributed by atoms with Gasteiger partial charge in [-0.25, -0.2) is 13.1 Å². The Bertz CT molecular complexity index is 910. The zero-order valence-electron chi connectivity index (χ0n) is 15.8. The molecule has 148 valence electrons. The number of furan rings is 1. The molecule has 0 saturated carbocycles. The first-order chi connectivity index (χ1) is 12.8. The number of hydrogen-bond donors (Lipinski definition) is 2. The summed E-state index contributed by atoms with van der Waals surface area (Å²) in [5.74, 6) is 0.413. The summed E-state index contributed by atoms with van der Waals surface area (Å²) in [6, 6.07) is 1.43. The van der Waals surface area contributed by atoms with E-state index < -0.39 is 10.0 Å². The van der Waals surface area contributed by atoms with Crippen LogP contribution in [0.4, 0.5) is 0 Å². The molecule has 0 radical (unpaired) electrons. The summed E-state index contributed by atoms with van der Waals surface area (Å²) in [7, 11) is 0.0298. The van der Waals surface area contributed by atoms with E-state index in [2.05, 4.69) is 14.9 Å². The summed E-state index contributed by atoms with van der Waals surface area (Å²) in [6.07, 6.45) is 3.43. The molecular weight excluding hydrogens is 370 g/mol. The van der Waals surface area contributed by atoms with Crippen LogP contribution in [0.1, 0.15) is 29.0 Å². The lowest BCUT2D eigenvalue weighted by Gasteiger charge is -2.14. The van der Waals surface area contributed by atoms with Crippen molar-refractivity contribution in [2.75, 3.05) is 40.3 Å². The Kier molecular flexibility index (Phi) is 5.68. The van der Waals surface area contributed by atoms with Crippen molar-refractivity contribution < 1.29 is 17.6 Å². The van der Waals surface area contributed by atoms with Gasteiger partial charge in [-0.3, -0.25) is 9.89 Å². The maximum atomic E-state index is 12.7. The SMILES string of the molecule is Cc1oc(-c2[nH]ncc2C(=O)N2CCCC2)cc1S(=O)(=O)NCCN(C)C. The molecule has 3 heterocycles. The number of rotatable bonds is 7. The molecule has 9 nitrogen and oxygen atoms in total. The second kappa shape index (κ2) is 7.83. The van der Waals surface area contributed by atoms with E-state index in [0.29, 0.717) is 17.8 Å². The highest BCUT2D eigenvalue weighted by atomic mass is 32.2. The quantitative estimate of drug-likeness (QED) is 0.725. The fourth-order valence-electron chi connectivity index (χ4n) is 3.06. The number of nitrogens with one attached hydrogen (secondary N) is 2. The molecule has 0 atom stereocenters. The monoisotopic (exact) mass is 395 g/mol. The highest BCUT2D eigenvalue weighted by Crippen LogP contribution is 2.30. The molecule has 2 N–H and O–H groups in total. The molecule has 1 amide bonds. The summed E-state index contributed by atoms with van der Waals surface area (Å²) in [4.78, 5) is 16.4. The number of hydrogen-bond acceptors (Lipinski definition) is 6. The van der Waals surface area contributed by atoms with E-state index in [9.17, 15) is 13.2 Å². The number of likely N-dealkylation sites (N-methyl/N-ethyl adjacent to an activating group) is 1. The highest BCUT2D eigenvalue weighted by Gasteiger charge is 2.27. The van der Waals surface area contributed by atoms with Crippen LogP contribution in [0.5, 0.6) is 0 Å². The Balaban J connectivity index is 1.85. The van der Waals surface area contributed by atoms with Gasteiger partial charge >= 0.3 is 0 Å². The number of sulfonamides is 1. The van der Waals surface area contributed by atoms with Crippen molar-refractivity contribution in [3.8, 4) is 11.5 Å². The van der Waals surface area contributed by atoms with Crippen molar-refractivity contribution in [2.45, 2.75) is 24.7 Å². The predicted molar refractivity (Wildman–Crippen MR) is 99.9 cm³/mol. The predicted octanol–water partition coefficient (Wildman–Crippen LogP) is 1.05. The Morgan fingerprint density at radius 1 is 1.37 bits per heavy atom. The van der Waals surface area contributed by atoms with Crippen LogP contribution >= 0.6 is 0 Å². The van der Waals surface area contributed by atoms with Crippen LogP contribution in [0.2, 0.25) is 0 Å². The van der Waals surface area contributed by atoms with Crippen LogP contribution in [0.3, 0.4) is 0 Å². The van der Waals surface area contributed by atoms with Gasteiger partial charge in [-0.1, -0.05) is 0 Å². The first-order valence-corrected chi connectivity index (χ1v) is 10.4. The van der Waals surface area contributed by atoms with Crippen molar-refractivity contribution in [1.29, 1.82) is 0 Å². The van der Waals surface area contributed by atoms with Gasteiger partial charge in [0.2, 0.25) is 10.0 Å². The zero-order valence-corrected chi connectivity index (χ0v) is 16.6. The summed E-state index contributed by atoms with van der Waals surface area (Å²) in [6.45, 7) is 3.89. The third kappa shape index (κ3) is 4.23. The minimum atomic E-state index is -3.71. The lowest BCUT2D eigenvalue weighted by Crippen LogP contribution is -2.31. The molecule has 1 aliphatic heterocycles. The number of carbonyl (C=O) groups excluding carboxylic acids is 1. The van der Waals surface area contributed by atoms with Gasteiger partial charge in [0.05, 0.1) is 11.8 Å². The second-order valence-electron chi connectivity index (χ2n) is 6.89. The standard InChI is InChI=1S/C17H25N5O4S/c1-12-15(27(24,25)19-6-9-21(2)3)10-14(26-12)16-13(11-18-20-16)17(23)22-7-4-5-8-22/h10-11,19H,4-9H2,1-3H3,(H,18,20). The van der Waals surface area contributed by atoms with E-state index in [4.69, 9.17) is 4.42 Å². The number of aromatic amines is 1. The molecule has 10 heteroatoms. The summed E-state index contributed by atoms with van der Waals surface area (Å²) >= 11 is 0. The lowest BCUT2D eigenvalue weighted by atomic mass is 10.2. The van der Waals surface area contributed by atoms with Crippen molar-refractivity contribution in [3.05, 3.63) is 23.6 Å². The Morgan fingerprint density at radius 2 is 2.07 bits per heavy atom. The van der Waals surface area contributed by atoms with E-state index in [0.717, 1.165) is 25.9 Å². The number of nitrogens with zero attached hydrogens (tertiary/aromatic N) is 3. The van der Waals surface area contributed by atoms with Crippen LogP contribution in [-0.4, -0.2) is 74.6 Å². The van der Waals surface area contributed by atoms with Crippen LogP contribution in [-0.2, 0) is 10.0 Å². The van der Waals surface area contributed by atoms with Crippen molar-refractivity contribution in [2.24, 2.45) is 0 Å². The fraction of sp³-hybridized carbons (Fsp3) is 0.529. The van der Waals surface area contributed by atoms with E-state index >= 15 is 0 Å². The molecular formula is C17H25N5O4S. The number of likely N-dealkylation sites (tertiary alicyclic amines) is 1. The summed E-state index contributed by atoms with van der Waals surface area (Å²) in [5, 5.41) is 6.72. The summed E-state index contributed by atoms with van der Waals surface area (Å²) < 4.78 is 33.3. The van der Waals surface area contributed by atoms with E-state index in [1.807, 2.05) is 19.0 Å². The van der Waals surface area contributed by atoms with Crippen LogP contribution in [0, 0.1) is 6.92 Å². The Hall–Kier alpha value is -2.17. The second-order valence-corrected chi connectivity index (χ2v) is 8.63. The van der Waals surface area contributed by atoms with Gasteiger partial charge in [-0.2, -0.15) is 5.10 Å². The number of aryl methyl sites for hydroxylation is 1. The van der Waals surface area contributed by atoms with Gasteiger partial charge in [0, 0.05) is 32.2 Å². The molecule has 1 aliphatic rings. The maximum absolute atomic E-state index is 12.7. The topological polar surface area (TPSA) is 112 Å². The molecule has 0 aromatic carbocycles. The van der Waals surface area contributed by atoms with E-state index in [1.54, 1.807) is 11.8 Å². The first-order valence-electron chi connectivity index (χ1n) is 8.87. The van der Waals surface area contributed by atoms with Gasteiger partial charge in [-0.05, 0) is 33.9 Å². The molecule has 2 aromatic heterocycles. The normalized spacial score (nSPS) is 15.0.